The van der Waals surface area contributed by atoms with Crippen LogP contribution >= 0.6 is 0 Å². The molecule has 0 aliphatic carbocycles. The van der Waals surface area contributed by atoms with Crippen LogP contribution < -0.4 is 10.6 Å². The van der Waals surface area contributed by atoms with Crippen molar-refractivity contribution in [1.82, 2.24) is 15.6 Å². The number of carboxylic acid groups (broad SMARTS) is 1. The number of hydrogen-bond donors (Lipinski definition) is 3. The first-order valence-electron chi connectivity index (χ1n) is 6.66. The van der Waals surface area contributed by atoms with Gasteiger partial charge in [0.15, 0.2) is 0 Å². The lowest BCUT2D eigenvalue weighted by molar-refractivity contribution is -0.138. The number of aliphatic carboxylic acids is 1. The number of aryl methyl sites for hydroxylation is 1. The zero-order chi connectivity index (χ0) is 15.0. The molecule has 20 heavy (non-hydrogen) atoms. The molecule has 1 heterocycles. The minimum absolute atomic E-state index is 0.0432. The first kappa shape index (κ1) is 15.9. The van der Waals surface area contributed by atoms with Gasteiger partial charge >= 0.3 is 12.0 Å². The smallest absolute Gasteiger partial charge is 0.315 e. The number of urea groups is 1. The fourth-order valence-corrected chi connectivity index (χ4v) is 1.76. The van der Waals surface area contributed by atoms with Crippen LogP contribution in [-0.2, 0) is 11.3 Å². The average Bonchev–Trinajstić information content (AvgIpc) is 2.42. The van der Waals surface area contributed by atoms with E-state index in [1.807, 2.05) is 19.9 Å². The number of pyridine rings is 1. The Kier molecular flexibility index (Phi) is 6.49. The molecule has 0 fully saturated rings. The molecule has 0 aliphatic heterocycles. The maximum Gasteiger partial charge on any atom is 0.315 e. The number of nitrogens with one attached hydrogen (secondary N) is 2. The molecule has 110 valence electrons. The molecule has 2 amide bonds. The van der Waals surface area contributed by atoms with Gasteiger partial charge in [0.25, 0.3) is 0 Å². The average molecular weight is 279 g/mol. The third kappa shape index (κ3) is 5.69. The first-order valence-corrected chi connectivity index (χ1v) is 6.66. The maximum absolute atomic E-state index is 11.6. The van der Waals surface area contributed by atoms with Crippen molar-refractivity contribution in [2.45, 2.75) is 33.2 Å². The molecule has 0 spiro atoms. The molecule has 1 rings (SSSR count). The van der Waals surface area contributed by atoms with Gasteiger partial charge in [-0.25, -0.2) is 4.79 Å². The van der Waals surface area contributed by atoms with Crippen molar-refractivity contribution in [2.24, 2.45) is 5.92 Å². The second-order valence-corrected chi connectivity index (χ2v) is 4.74. The predicted octanol–water partition coefficient (Wildman–Crippen LogP) is 1.69. The number of carboxylic acids is 1. The molecule has 0 bridgehead atoms. The van der Waals surface area contributed by atoms with E-state index in [0.717, 1.165) is 11.1 Å². The molecule has 1 atom stereocenters. The van der Waals surface area contributed by atoms with Crippen LogP contribution in [0, 0.1) is 12.8 Å². The second-order valence-electron chi connectivity index (χ2n) is 4.74. The zero-order valence-electron chi connectivity index (χ0n) is 11.8. The summed E-state index contributed by atoms with van der Waals surface area (Å²) >= 11 is 0. The fraction of sp³-hybridized carbons (Fsp3) is 0.500. The van der Waals surface area contributed by atoms with Crippen molar-refractivity contribution >= 4 is 12.0 Å². The second kappa shape index (κ2) is 8.14. The van der Waals surface area contributed by atoms with E-state index in [2.05, 4.69) is 15.6 Å². The number of rotatable bonds is 7. The van der Waals surface area contributed by atoms with Crippen LogP contribution in [0.3, 0.4) is 0 Å². The van der Waals surface area contributed by atoms with E-state index in [1.165, 1.54) is 0 Å². The predicted molar refractivity (Wildman–Crippen MR) is 75.2 cm³/mol. The summed E-state index contributed by atoms with van der Waals surface area (Å²) in [6.07, 6.45) is 4.21. The summed E-state index contributed by atoms with van der Waals surface area (Å²) in [6, 6.07) is 1.59. The standard InChI is InChI=1S/C14H21N3O3/c1-3-11(6-13(18)19)7-16-14(20)17-9-12-8-15-5-4-10(12)2/h4-5,8,11H,3,6-7,9H2,1-2H3,(H,18,19)(H2,16,17,20). The summed E-state index contributed by atoms with van der Waals surface area (Å²) in [7, 11) is 0. The highest BCUT2D eigenvalue weighted by molar-refractivity contribution is 5.74. The summed E-state index contributed by atoms with van der Waals surface area (Å²) in [4.78, 5) is 26.3. The Labute approximate surface area is 118 Å². The molecule has 1 unspecified atom stereocenters. The lowest BCUT2D eigenvalue weighted by Crippen LogP contribution is -2.38. The Hall–Kier alpha value is -2.11. The van der Waals surface area contributed by atoms with E-state index >= 15 is 0 Å². The van der Waals surface area contributed by atoms with Gasteiger partial charge in [-0.3, -0.25) is 9.78 Å². The minimum Gasteiger partial charge on any atom is -0.481 e. The minimum atomic E-state index is -0.843. The maximum atomic E-state index is 11.6. The quantitative estimate of drug-likeness (QED) is 0.708. The van der Waals surface area contributed by atoms with E-state index in [9.17, 15) is 9.59 Å². The van der Waals surface area contributed by atoms with E-state index in [-0.39, 0.29) is 18.4 Å². The molecule has 1 aromatic rings. The topological polar surface area (TPSA) is 91.3 Å². The Morgan fingerprint density at radius 3 is 2.75 bits per heavy atom. The Balaban J connectivity index is 2.33. The monoisotopic (exact) mass is 279 g/mol. The summed E-state index contributed by atoms with van der Waals surface area (Å²) in [6.45, 7) is 4.63. The highest BCUT2D eigenvalue weighted by Gasteiger charge is 2.12. The molecular formula is C14H21N3O3. The molecule has 0 saturated carbocycles. The Morgan fingerprint density at radius 2 is 2.15 bits per heavy atom. The van der Waals surface area contributed by atoms with Crippen molar-refractivity contribution in [2.75, 3.05) is 6.54 Å². The summed E-state index contributed by atoms with van der Waals surface area (Å²) in [5.74, 6) is -0.886. The molecule has 0 aliphatic rings. The normalized spacial score (nSPS) is 11.7. The number of amides is 2. The van der Waals surface area contributed by atoms with Gasteiger partial charge in [0.1, 0.15) is 0 Å². The molecule has 0 aromatic carbocycles. The van der Waals surface area contributed by atoms with Crippen molar-refractivity contribution in [3.63, 3.8) is 0 Å². The highest BCUT2D eigenvalue weighted by atomic mass is 16.4. The number of carbonyl (C=O) groups excluding carboxylic acids is 1. The lowest BCUT2D eigenvalue weighted by atomic mass is 10.0. The molecular weight excluding hydrogens is 258 g/mol. The molecule has 0 saturated heterocycles. The highest BCUT2D eigenvalue weighted by Crippen LogP contribution is 2.06. The Morgan fingerprint density at radius 1 is 1.40 bits per heavy atom. The largest absolute Gasteiger partial charge is 0.481 e. The fourth-order valence-electron chi connectivity index (χ4n) is 1.76. The van der Waals surface area contributed by atoms with Gasteiger partial charge in [-0.05, 0) is 30.0 Å². The van der Waals surface area contributed by atoms with Crippen LogP contribution in [0.2, 0.25) is 0 Å². The molecule has 6 nitrogen and oxygen atoms in total. The van der Waals surface area contributed by atoms with Gasteiger partial charge < -0.3 is 15.7 Å². The van der Waals surface area contributed by atoms with Gasteiger partial charge in [-0.2, -0.15) is 0 Å². The van der Waals surface area contributed by atoms with Crippen molar-refractivity contribution in [1.29, 1.82) is 0 Å². The van der Waals surface area contributed by atoms with Crippen molar-refractivity contribution < 1.29 is 14.7 Å². The van der Waals surface area contributed by atoms with E-state index in [0.29, 0.717) is 19.5 Å². The molecule has 1 aromatic heterocycles. The van der Waals surface area contributed by atoms with Crippen molar-refractivity contribution in [3.8, 4) is 0 Å². The molecule has 0 radical (unpaired) electrons. The number of nitrogens with zero attached hydrogens (tertiary/aromatic N) is 1. The van der Waals surface area contributed by atoms with Crippen LogP contribution in [0.25, 0.3) is 0 Å². The van der Waals surface area contributed by atoms with Gasteiger partial charge in [-0.15, -0.1) is 0 Å². The SMILES string of the molecule is CCC(CNC(=O)NCc1cnccc1C)CC(=O)O. The van der Waals surface area contributed by atoms with Crippen LogP contribution in [0.5, 0.6) is 0 Å². The lowest BCUT2D eigenvalue weighted by Gasteiger charge is -2.14. The molecule has 6 heteroatoms. The third-order valence-corrected chi connectivity index (χ3v) is 3.18. The first-order chi connectivity index (χ1) is 9.52. The van der Waals surface area contributed by atoms with Gasteiger partial charge in [0, 0.05) is 31.9 Å². The molecule has 3 N–H and O–H groups in total. The number of aromatic nitrogens is 1. The van der Waals surface area contributed by atoms with Crippen LogP contribution in [0.4, 0.5) is 4.79 Å². The van der Waals surface area contributed by atoms with E-state index in [1.54, 1.807) is 12.4 Å². The van der Waals surface area contributed by atoms with Crippen LogP contribution in [-0.4, -0.2) is 28.6 Å². The van der Waals surface area contributed by atoms with Crippen molar-refractivity contribution in [3.05, 3.63) is 29.6 Å². The van der Waals surface area contributed by atoms with Gasteiger partial charge in [-0.1, -0.05) is 13.3 Å². The van der Waals surface area contributed by atoms with Gasteiger partial charge in [0.2, 0.25) is 0 Å². The van der Waals surface area contributed by atoms with E-state index in [4.69, 9.17) is 5.11 Å². The summed E-state index contributed by atoms with van der Waals surface area (Å²) in [5.41, 5.74) is 2.03. The summed E-state index contributed by atoms with van der Waals surface area (Å²) in [5, 5.41) is 14.2. The van der Waals surface area contributed by atoms with Crippen LogP contribution in [0.1, 0.15) is 30.9 Å². The van der Waals surface area contributed by atoms with E-state index < -0.39 is 5.97 Å². The summed E-state index contributed by atoms with van der Waals surface area (Å²) < 4.78 is 0. The number of hydrogen-bond acceptors (Lipinski definition) is 3. The third-order valence-electron chi connectivity index (χ3n) is 3.18. The number of carbonyl (C=O) groups is 2. The van der Waals surface area contributed by atoms with Gasteiger partial charge in [0.05, 0.1) is 0 Å². The zero-order valence-corrected chi connectivity index (χ0v) is 11.8. The van der Waals surface area contributed by atoms with Crippen LogP contribution in [0.15, 0.2) is 18.5 Å². The Bertz CT molecular complexity index is 463.